The molecular formula is C17H28N2S. The smallest absolute Gasteiger partial charge is 0.0331 e. The Hall–Kier alpha value is -0.380. The predicted molar refractivity (Wildman–Crippen MR) is 87.5 cm³/mol. The van der Waals surface area contributed by atoms with Crippen molar-refractivity contribution in [3.05, 3.63) is 21.4 Å². The third-order valence-corrected chi connectivity index (χ3v) is 6.22. The maximum atomic E-state index is 3.84. The minimum Gasteiger partial charge on any atom is -0.310 e. The lowest BCUT2D eigenvalue weighted by Gasteiger charge is -2.37. The van der Waals surface area contributed by atoms with Gasteiger partial charge in [-0.1, -0.05) is 0 Å². The van der Waals surface area contributed by atoms with Gasteiger partial charge in [-0.25, -0.2) is 0 Å². The Kier molecular flexibility index (Phi) is 3.95. The fraction of sp³-hybridized carbons (Fsp3) is 0.765. The molecule has 1 aromatic heterocycles. The number of rotatable bonds is 3. The predicted octanol–water partition coefficient (Wildman–Crippen LogP) is 3.89. The molecule has 0 bridgehead atoms. The summed E-state index contributed by atoms with van der Waals surface area (Å²) in [4.78, 5) is 5.66. The van der Waals surface area contributed by atoms with Gasteiger partial charge in [0.25, 0.3) is 0 Å². The molecule has 2 fully saturated rings. The first-order valence-corrected chi connectivity index (χ1v) is 8.87. The lowest BCUT2D eigenvalue weighted by atomic mass is 9.94. The second-order valence-corrected chi connectivity index (χ2v) is 8.45. The van der Waals surface area contributed by atoms with Crippen molar-refractivity contribution in [1.29, 1.82) is 0 Å². The largest absolute Gasteiger partial charge is 0.310 e. The van der Waals surface area contributed by atoms with Crippen molar-refractivity contribution in [2.75, 3.05) is 19.6 Å². The van der Waals surface area contributed by atoms with E-state index in [1.165, 1.54) is 48.7 Å². The molecule has 1 aliphatic carbocycles. The molecule has 3 heteroatoms. The minimum atomic E-state index is 0.337. The Morgan fingerprint density at radius 2 is 2.15 bits per heavy atom. The van der Waals surface area contributed by atoms with Gasteiger partial charge in [0.1, 0.15) is 0 Å². The molecule has 3 rings (SSSR count). The van der Waals surface area contributed by atoms with Crippen molar-refractivity contribution in [3.8, 4) is 0 Å². The molecule has 20 heavy (non-hydrogen) atoms. The SMILES string of the molecule is Cc1cc(C(C)N2CCCNC(C)(C3CC3)C2)c(C)s1. The molecule has 1 aromatic rings. The zero-order valence-electron chi connectivity index (χ0n) is 13.3. The van der Waals surface area contributed by atoms with Gasteiger partial charge in [-0.05, 0) is 71.0 Å². The maximum absolute atomic E-state index is 3.84. The van der Waals surface area contributed by atoms with Crippen LogP contribution in [0.5, 0.6) is 0 Å². The highest BCUT2D eigenvalue weighted by Gasteiger charge is 2.43. The number of nitrogens with zero attached hydrogens (tertiary/aromatic N) is 1. The van der Waals surface area contributed by atoms with Gasteiger partial charge >= 0.3 is 0 Å². The summed E-state index contributed by atoms with van der Waals surface area (Å²) in [5.41, 5.74) is 1.89. The topological polar surface area (TPSA) is 15.3 Å². The van der Waals surface area contributed by atoms with Crippen LogP contribution in [-0.4, -0.2) is 30.1 Å². The van der Waals surface area contributed by atoms with E-state index in [0.29, 0.717) is 11.6 Å². The highest BCUT2D eigenvalue weighted by molar-refractivity contribution is 7.12. The second-order valence-electron chi connectivity index (χ2n) is 6.99. The van der Waals surface area contributed by atoms with Gasteiger partial charge in [0, 0.05) is 34.4 Å². The van der Waals surface area contributed by atoms with Crippen molar-refractivity contribution in [1.82, 2.24) is 10.2 Å². The summed E-state index contributed by atoms with van der Waals surface area (Å²) in [6, 6.07) is 2.95. The van der Waals surface area contributed by atoms with Crippen LogP contribution >= 0.6 is 11.3 Å². The van der Waals surface area contributed by atoms with Crippen LogP contribution < -0.4 is 5.32 Å². The molecule has 2 heterocycles. The van der Waals surface area contributed by atoms with Crippen molar-refractivity contribution >= 4 is 11.3 Å². The van der Waals surface area contributed by atoms with Crippen molar-refractivity contribution in [2.24, 2.45) is 5.92 Å². The Bertz CT molecular complexity index is 477. The standard InChI is InChI=1S/C17H28N2S/c1-12-10-16(14(3)20-12)13(2)19-9-5-8-18-17(4,11-19)15-6-7-15/h10,13,15,18H,5-9,11H2,1-4H3. The average molecular weight is 292 g/mol. The zero-order chi connectivity index (χ0) is 14.3. The first kappa shape index (κ1) is 14.6. The lowest BCUT2D eigenvalue weighted by Crippen LogP contribution is -2.51. The van der Waals surface area contributed by atoms with Crippen LogP contribution in [0, 0.1) is 19.8 Å². The van der Waals surface area contributed by atoms with Gasteiger partial charge in [0.05, 0.1) is 0 Å². The first-order chi connectivity index (χ1) is 9.49. The molecule has 0 aromatic carbocycles. The van der Waals surface area contributed by atoms with Crippen molar-refractivity contribution < 1.29 is 0 Å². The van der Waals surface area contributed by atoms with E-state index in [4.69, 9.17) is 0 Å². The Balaban J connectivity index is 1.79. The van der Waals surface area contributed by atoms with Crippen molar-refractivity contribution in [3.63, 3.8) is 0 Å². The van der Waals surface area contributed by atoms with E-state index >= 15 is 0 Å². The number of nitrogens with one attached hydrogen (secondary N) is 1. The van der Waals surface area contributed by atoms with E-state index in [0.717, 1.165) is 5.92 Å². The van der Waals surface area contributed by atoms with E-state index in [2.05, 4.69) is 44.0 Å². The average Bonchev–Trinajstić information content (AvgIpc) is 3.19. The summed E-state index contributed by atoms with van der Waals surface area (Å²) >= 11 is 1.94. The molecule has 2 atom stereocenters. The van der Waals surface area contributed by atoms with Gasteiger partial charge < -0.3 is 5.32 Å². The summed E-state index contributed by atoms with van der Waals surface area (Å²) in [5.74, 6) is 0.903. The molecule has 1 saturated carbocycles. The Morgan fingerprint density at radius 3 is 2.75 bits per heavy atom. The third kappa shape index (κ3) is 2.81. The number of aryl methyl sites for hydroxylation is 2. The third-order valence-electron chi connectivity index (χ3n) is 5.24. The fourth-order valence-corrected chi connectivity index (χ4v) is 4.82. The van der Waals surface area contributed by atoms with E-state index < -0.39 is 0 Å². The summed E-state index contributed by atoms with van der Waals surface area (Å²) < 4.78 is 0. The normalized spacial score (nSPS) is 30.2. The molecule has 2 unspecified atom stereocenters. The van der Waals surface area contributed by atoms with Crippen molar-refractivity contribution in [2.45, 2.75) is 58.5 Å². The Labute approximate surface area is 127 Å². The number of hydrogen-bond acceptors (Lipinski definition) is 3. The van der Waals surface area contributed by atoms with E-state index in [9.17, 15) is 0 Å². The summed E-state index contributed by atoms with van der Waals surface area (Å²) in [7, 11) is 0. The van der Waals surface area contributed by atoms with Crippen LogP contribution in [0.1, 0.15) is 54.5 Å². The summed E-state index contributed by atoms with van der Waals surface area (Å²) in [5, 5.41) is 3.84. The van der Waals surface area contributed by atoms with E-state index in [-0.39, 0.29) is 0 Å². The molecule has 1 aliphatic heterocycles. The van der Waals surface area contributed by atoms with Gasteiger partial charge in [0.15, 0.2) is 0 Å². The molecule has 1 N–H and O–H groups in total. The van der Waals surface area contributed by atoms with Gasteiger partial charge in [-0.3, -0.25) is 4.90 Å². The Morgan fingerprint density at radius 1 is 1.40 bits per heavy atom. The quantitative estimate of drug-likeness (QED) is 0.909. The molecular weight excluding hydrogens is 264 g/mol. The van der Waals surface area contributed by atoms with Gasteiger partial charge in [0.2, 0.25) is 0 Å². The molecule has 0 amide bonds. The van der Waals surface area contributed by atoms with Crippen LogP contribution in [0.15, 0.2) is 6.07 Å². The van der Waals surface area contributed by atoms with E-state index in [1.54, 1.807) is 5.56 Å². The van der Waals surface area contributed by atoms with Crippen LogP contribution in [-0.2, 0) is 0 Å². The van der Waals surface area contributed by atoms with E-state index in [1.807, 2.05) is 11.3 Å². The highest BCUT2D eigenvalue weighted by atomic mass is 32.1. The minimum absolute atomic E-state index is 0.337. The number of hydrogen-bond donors (Lipinski definition) is 1. The van der Waals surface area contributed by atoms with Crippen LogP contribution in [0.3, 0.4) is 0 Å². The summed E-state index contributed by atoms with van der Waals surface area (Å²) in [6.45, 7) is 13.0. The van der Waals surface area contributed by atoms with Crippen LogP contribution in [0.25, 0.3) is 0 Å². The first-order valence-electron chi connectivity index (χ1n) is 8.05. The van der Waals surface area contributed by atoms with Crippen LogP contribution in [0.4, 0.5) is 0 Å². The summed E-state index contributed by atoms with van der Waals surface area (Å²) in [6.07, 6.45) is 4.11. The monoisotopic (exact) mass is 292 g/mol. The molecule has 2 aliphatic rings. The maximum Gasteiger partial charge on any atom is 0.0331 e. The zero-order valence-corrected chi connectivity index (χ0v) is 14.1. The highest BCUT2D eigenvalue weighted by Crippen LogP contribution is 2.42. The molecule has 0 radical (unpaired) electrons. The fourth-order valence-electron chi connectivity index (χ4n) is 3.80. The second kappa shape index (κ2) is 5.43. The van der Waals surface area contributed by atoms with Crippen LogP contribution in [0.2, 0.25) is 0 Å². The molecule has 112 valence electrons. The number of thiophene rings is 1. The van der Waals surface area contributed by atoms with Gasteiger partial charge in [-0.15, -0.1) is 11.3 Å². The van der Waals surface area contributed by atoms with Gasteiger partial charge in [-0.2, -0.15) is 0 Å². The lowest BCUT2D eigenvalue weighted by molar-refractivity contribution is 0.159. The molecule has 2 nitrogen and oxygen atoms in total. The molecule has 0 spiro atoms. The molecule has 1 saturated heterocycles.